The van der Waals surface area contributed by atoms with Crippen molar-refractivity contribution < 1.29 is 4.39 Å². The molecule has 1 aromatic rings. The van der Waals surface area contributed by atoms with E-state index < -0.39 is 0 Å². The zero-order valence-corrected chi connectivity index (χ0v) is 13.4. The van der Waals surface area contributed by atoms with Crippen molar-refractivity contribution in [3.8, 4) is 0 Å². The van der Waals surface area contributed by atoms with Crippen LogP contribution in [0.3, 0.4) is 0 Å². The Bertz CT molecular complexity index is 407. The van der Waals surface area contributed by atoms with Gasteiger partial charge in [0, 0.05) is 31.4 Å². The van der Waals surface area contributed by atoms with Crippen LogP contribution in [0.5, 0.6) is 0 Å². The van der Waals surface area contributed by atoms with E-state index in [0.29, 0.717) is 23.8 Å². The number of hydrogen-bond acceptors (Lipinski definition) is 3. The van der Waals surface area contributed by atoms with Gasteiger partial charge in [0.25, 0.3) is 0 Å². The van der Waals surface area contributed by atoms with Crippen molar-refractivity contribution in [3.63, 3.8) is 0 Å². The lowest BCUT2D eigenvalue weighted by atomic mass is 10.0. The second-order valence-electron chi connectivity index (χ2n) is 5.87. The van der Waals surface area contributed by atoms with Gasteiger partial charge in [0.1, 0.15) is 0 Å². The second kappa shape index (κ2) is 8.20. The third kappa shape index (κ3) is 4.75. The molecule has 0 aliphatic rings. The quantitative estimate of drug-likeness (QED) is 0.738. The number of hydrogen-bond donors (Lipinski definition) is 1. The second-order valence-corrected chi connectivity index (χ2v) is 5.87. The minimum Gasteiger partial charge on any atom is -0.355 e. The van der Waals surface area contributed by atoms with Gasteiger partial charge in [-0.05, 0) is 38.3 Å². The molecule has 1 N–H and O–H groups in total. The van der Waals surface area contributed by atoms with Gasteiger partial charge in [-0.3, -0.25) is 0 Å². The highest BCUT2D eigenvalue weighted by Crippen LogP contribution is 2.22. The highest BCUT2D eigenvalue weighted by atomic mass is 19.1. The zero-order valence-electron chi connectivity index (χ0n) is 13.4. The first-order chi connectivity index (χ1) is 9.47. The molecule has 0 aromatic carbocycles. The highest BCUT2D eigenvalue weighted by Gasteiger charge is 2.18. The summed E-state index contributed by atoms with van der Waals surface area (Å²) in [5.74, 6) is 0.841. The summed E-state index contributed by atoms with van der Waals surface area (Å²) >= 11 is 0. The Morgan fingerprint density at radius 2 is 2.05 bits per heavy atom. The highest BCUT2D eigenvalue weighted by molar-refractivity contribution is 5.43. The van der Waals surface area contributed by atoms with Gasteiger partial charge in [-0.15, -0.1) is 0 Å². The molecule has 1 rings (SSSR count). The fraction of sp³-hybridized carbons (Fsp3) is 0.688. The van der Waals surface area contributed by atoms with Gasteiger partial charge in [0.15, 0.2) is 11.6 Å². The van der Waals surface area contributed by atoms with Crippen LogP contribution in [0, 0.1) is 11.7 Å². The summed E-state index contributed by atoms with van der Waals surface area (Å²) in [7, 11) is 1.92. The lowest BCUT2D eigenvalue weighted by molar-refractivity contribution is 0.492. The summed E-state index contributed by atoms with van der Waals surface area (Å²) < 4.78 is 14.5. The number of anilines is 1. The Hall–Kier alpha value is -1.16. The van der Waals surface area contributed by atoms with Crippen LogP contribution in [0.1, 0.15) is 46.1 Å². The third-order valence-corrected chi connectivity index (χ3v) is 3.50. The predicted molar refractivity (Wildman–Crippen MR) is 83.5 cm³/mol. The van der Waals surface area contributed by atoms with Gasteiger partial charge in [-0.1, -0.05) is 20.8 Å². The Labute approximate surface area is 122 Å². The molecule has 0 radical (unpaired) electrons. The maximum absolute atomic E-state index is 14.5. The molecular formula is C16H28FN3. The first kappa shape index (κ1) is 16.9. The van der Waals surface area contributed by atoms with Crippen molar-refractivity contribution in [3.05, 3.63) is 23.6 Å². The Balaban J connectivity index is 2.81. The maximum Gasteiger partial charge on any atom is 0.170 e. The van der Waals surface area contributed by atoms with Crippen LogP contribution in [0.25, 0.3) is 0 Å². The van der Waals surface area contributed by atoms with Crippen molar-refractivity contribution in [1.82, 2.24) is 10.3 Å². The van der Waals surface area contributed by atoms with E-state index in [4.69, 9.17) is 0 Å². The summed E-state index contributed by atoms with van der Waals surface area (Å²) in [6.45, 7) is 10.0. The Morgan fingerprint density at radius 1 is 1.35 bits per heavy atom. The summed E-state index contributed by atoms with van der Waals surface area (Å²) in [4.78, 5) is 6.16. The summed E-state index contributed by atoms with van der Waals surface area (Å²) in [6, 6.07) is 2.03. The fourth-order valence-corrected chi connectivity index (χ4v) is 2.30. The fourth-order valence-electron chi connectivity index (χ4n) is 2.30. The molecule has 0 saturated carbocycles. The zero-order chi connectivity index (χ0) is 15.1. The van der Waals surface area contributed by atoms with E-state index >= 15 is 0 Å². The van der Waals surface area contributed by atoms with E-state index in [0.717, 1.165) is 19.4 Å². The average Bonchev–Trinajstić information content (AvgIpc) is 2.39. The van der Waals surface area contributed by atoms with Crippen molar-refractivity contribution in [2.24, 2.45) is 5.92 Å². The van der Waals surface area contributed by atoms with Gasteiger partial charge < -0.3 is 10.2 Å². The van der Waals surface area contributed by atoms with Gasteiger partial charge in [0.2, 0.25) is 0 Å². The normalized spacial score (nSPS) is 12.8. The van der Waals surface area contributed by atoms with Crippen molar-refractivity contribution in [2.75, 3.05) is 18.5 Å². The monoisotopic (exact) mass is 281 g/mol. The summed E-state index contributed by atoms with van der Waals surface area (Å²) in [5, 5.41) is 3.23. The largest absolute Gasteiger partial charge is 0.355 e. The average molecular weight is 281 g/mol. The van der Waals surface area contributed by atoms with Gasteiger partial charge >= 0.3 is 0 Å². The SMILES string of the molecule is CCCNCc1ccnc(N(C)C(C)CC(C)C)c1F. The molecule has 0 saturated heterocycles. The molecule has 1 aromatic heterocycles. The summed E-state index contributed by atoms with van der Waals surface area (Å²) in [5.41, 5.74) is 0.687. The summed E-state index contributed by atoms with van der Waals surface area (Å²) in [6.07, 6.45) is 3.76. The first-order valence-electron chi connectivity index (χ1n) is 7.54. The van der Waals surface area contributed by atoms with Gasteiger partial charge in [-0.2, -0.15) is 0 Å². The van der Waals surface area contributed by atoms with E-state index in [2.05, 4.69) is 38.0 Å². The van der Waals surface area contributed by atoms with Crippen LogP contribution in [-0.2, 0) is 6.54 Å². The number of pyridine rings is 1. The molecule has 0 bridgehead atoms. The third-order valence-electron chi connectivity index (χ3n) is 3.50. The maximum atomic E-state index is 14.5. The smallest absolute Gasteiger partial charge is 0.170 e. The van der Waals surface area contributed by atoms with Crippen LogP contribution in [0.15, 0.2) is 12.3 Å². The van der Waals surface area contributed by atoms with Crippen molar-refractivity contribution in [2.45, 2.75) is 53.1 Å². The molecule has 0 fully saturated rings. The van der Waals surface area contributed by atoms with E-state index in [-0.39, 0.29) is 11.9 Å². The lowest BCUT2D eigenvalue weighted by Gasteiger charge is -2.28. The van der Waals surface area contributed by atoms with Gasteiger partial charge in [0.05, 0.1) is 0 Å². The van der Waals surface area contributed by atoms with Crippen LogP contribution in [0.2, 0.25) is 0 Å². The number of aromatic nitrogens is 1. The minimum atomic E-state index is -0.200. The molecule has 4 heteroatoms. The van der Waals surface area contributed by atoms with Crippen LogP contribution in [0.4, 0.5) is 10.2 Å². The number of halogens is 1. The molecule has 0 aliphatic carbocycles. The van der Waals surface area contributed by atoms with Gasteiger partial charge in [-0.25, -0.2) is 9.37 Å². The molecule has 1 heterocycles. The molecule has 1 unspecified atom stereocenters. The molecule has 114 valence electrons. The van der Waals surface area contributed by atoms with Crippen LogP contribution < -0.4 is 10.2 Å². The molecule has 20 heavy (non-hydrogen) atoms. The number of nitrogens with zero attached hydrogens (tertiary/aromatic N) is 2. The van der Waals surface area contributed by atoms with Crippen LogP contribution >= 0.6 is 0 Å². The molecular weight excluding hydrogens is 253 g/mol. The molecule has 0 spiro atoms. The number of nitrogens with one attached hydrogen (secondary N) is 1. The molecule has 1 atom stereocenters. The standard InChI is InChI=1S/C16H28FN3/c1-6-8-18-11-14-7-9-19-16(15(14)17)20(5)13(4)10-12(2)3/h7,9,12-13,18H,6,8,10-11H2,1-5H3. The minimum absolute atomic E-state index is 0.200. The van der Waals surface area contributed by atoms with E-state index in [1.54, 1.807) is 12.3 Å². The van der Waals surface area contributed by atoms with Crippen molar-refractivity contribution >= 4 is 5.82 Å². The van der Waals surface area contributed by atoms with E-state index in [1.165, 1.54) is 0 Å². The van der Waals surface area contributed by atoms with E-state index in [9.17, 15) is 4.39 Å². The molecule has 0 aliphatic heterocycles. The Morgan fingerprint density at radius 3 is 2.65 bits per heavy atom. The van der Waals surface area contributed by atoms with E-state index in [1.807, 2.05) is 11.9 Å². The predicted octanol–water partition coefficient (Wildman–Crippen LogP) is 3.59. The van der Waals surface area contributed by atoms with Crippen LogP contribution in [-0.4, -0.2) is 24.6 Å². The molecule has 0 amide bonds. The van der Waals surface area contributed by atoms with Crippen molar-refractivity contribution in [1.29, 1.82) is 0 Å². The molecule has 3 nitrogen and oxygen atoms in total. The topological polar surface area (TPSA) is 28.2 Å². The lowest BCUT2D eigenvalue weighted by Crippen LogP contribution is -2.32. The number of rotatable bonds is 8. The first-order valence-corrected chi connectivity index (χ1v) is 7.54. The Kier molecular flexibility index (Phi) is 6.93.